The molecule has 1 N–H and O–H groups in total. The Morgan fingerprint density at radius 2 is 2.58 bits per heavy atom. The quantitative estimate of drug-likeness (QED) is 0.655. The molecule has 1 amide bonds. The first-order valence-corrected chi connectivity index (χ1v) is 3.64. The van der Waals surface area contributed by atoms with Gasteiger partial charge in [-0.25, -0.2) is 10.4 Å². The van der Waals surface area contributed by atoms with E-state index in [1.807, 2.05) is 10.8 Å². The largest absolute Gasteiger partial charge is 0.332 e. The van der Waals surface area contributed by atoms with Crippen molar-refractivity contribution in [3.63, 3.8) is 0 Å². The smallest absolute Gasteiger partial charge is 0.245 e. The van der Waals surface area contributed by atoms with Crippen molar-refractivity contribution < 1.29 is 4.79 Å². The van der Waals surface area contributed by atoms with E-state index in [1.165, 1.54) is 0 Å². The number of aromatic nitrogens is 2. The van der Waals surface area contributed by atoms with Crippen molar-refractivity contribution in [3.8, 4) is 0 Å². The van der Waals surface area contributed by atoms with Gasteiger partial charge in [0.1, 0.15) is 0 Å². The highest BCUT2D eigenvalue weighted by Gasteiger charge is 2.13. The highest BCUT2D eigenvalue weighted by Crippen LogP contribution is 1.98. The number of hydrogen-bond donors (Lipinski definition) is 1. The van der Waals surface area contributed by atoms with Crippen molar-refractivity contribution >= 4 is 11.6 Å². The Hall–Kier alpha value is -1.65. The number of nitrogens with zero attached hydrogens (tertiary/aromatic N) is 3. The Kier molecular flexibility index (Phi) is 1.62. The fourth-order valence-electron chi connectivity index (χ4n) is 1.09. The van der Waals surface area contributed by atoms with Gasteiger partial charge in [-0.2, -0.15) is 5.10 Å². The molecule has 12 heavy (non-hydrogen) atoms. The average molecular weight is 164 g/mol. The second-order valence-corrected chi connectivity index (χ2v) is 2.62. The summed E-state index contributed by atoms with van der Waals surface area (Å²) in [7, 11) is 0. The van der Waals surface area contributed by atoms with Crippen LogP contribution in [0.5, 0.6) is 0 Å². The normalized spacial score (nSPS) is 16.0. The molecule has 0 saturated heterocycles. The fourth-order valence-corrected chi connectivity index (χ4v) is 1.09. The van der Waals surface area contributed by atoms with Crippen molar-refractivity contribution in [2.75, 3.05) is 0 Å². The van der Waals surface area contributed by atoms with Crippen LogP contribution in [0.1, 0.15) is 6.42 Å². The number of imidazole rings is 1. The van der Waals surface area contributed by atoms with E-state index < -0.39 is 0 Å². The third-order valence-corrected chi connectivity index (χ3v) is 1.63. The number of hydrogen-bond acceptors (Lipinski definition) is 3. The Balaban J connectivity index is 2.01. The lowest BCUT2D eigenvalue weighted by atomic mass is 10.3. The van der Waals surface area contributed by atoms with E-state index in [0.717, 1.165) is 5.71 Å². The molecule has 0 fully saturated rings. The molecule has 5 nitrogen and oxygen atoms in total. The number of hydrazone groups is 1. The molecule has 1 aromatic heterocycles. The molecule has 2 heterocycles. The fraction of sp³-hybridized carbons (Fsp3) is 0.286. The first-order chi connectivity index (χ1) is 5.84. The Bertz CT molecular complexity index is 314. The predicted molar refractivity (Wildman–Crippen MR) is 42.4 cm³/mol. The van der Waals surface area contributed by atoms with E-state index in [0.29, 0.717) is 13.0 Å². The van der Waals surface area contributed by atoms with Crippen LogP contribution in [-0.2, 0) is 11.3 Å². The third-order valence-electron chi connectivity index (χ3n) is 1.63. The molecule has 2 rings (SSSR count). The summed E-state index contributed by atoms with van der Waals surface area (Å²) in [6, 6.07) is 0. The van der Waals surface area contributed by atoms with Gasteiger partial charge in [-0.3, -0.25) is 4.79 Å². The van der Waals surface area contributed by atoms with Crippen LogP contribution in [-0.4, -0.2) is 21.2 Å². The summed E-state index contributed by atoms with van der Waals surface area (Å²) in [4.78, 5) is 14.6. The molecule has 0 bridgehead atoms. The topological polar surface area (TPSA) is 59.3 Å². The Morgan fingerprint density at radius 1 is 1.67 bits per heavy atom. The van der Waals surface area contributed by atoms with Gasteiger partial charge >= 0.3 is 0 Å². The van der Waals surface area contributed by atoms with Crippen LogP contribution in [0, 0.1) is 0 Å². The van der Waals surface area contributed by atoms with Gasteiger partial charge in [-0.05, 0) is 0 Å². The Labute approximate surface area is 69.1 Å². The maximum Gasteiger partial charge on any atom is 0.245 e. The zero-order valence-electron chi connectivity index (χ0n) is 6.40. The monoisotopic (exact) mass is 164 g/mol. The second-order valence-electron chi connectivity index (χ2n) is 2.62. The van der Waals surface area contributed by atoms with E-state index in [9.17, 15) is 4.79 Å². The van der Waals surface area contributed by atoms with Crippen molar-refractivity contribution in [1.29, 1.82) is 0 Å². The minimum atomic E-state index is -0.0369. The first-order valence-electron chi connectivity index (χ1n) is 3.64. The standard InChI is InChI=1S/C7H8N4O/c12-7-3-6(9-10-7)4-11-2-1-8-5-11/h1-2,5H,3-4H2,(H,10,12). The molecular weight excluding hydrogens is 156 g/mol. The van der Waals surface area contributed by atoms with Crippen molar-refractivity contribution in [1.82, 2.24) is 15.0 Å². The van der Waals surface area contributed by atoms with Gasteiger partial charge in [-0.1, -0.05) is 0 Å². The molecule has 0 atom stereocenters. The van der Waals surface area contributed by atoms with Gasteiger partial charge in [-0.15, -0.1) is 0 Å². The molecular formula is C7H8N4O. The molecule has 1 aliphatic rings. The summed E-state index contributed by atoms with van der Waals surface area (Å²) in [5.41, 5.74) is 3.24. The molecule has 0 aromatic carbocycles. The zero-order valence-corrected chi connectivity index (χ0v) is 6.40. The Morgan fingerprint density at radius 3 is 3.17 bits per heavy atom. The molecule has 0 aliphatic carbocycles. The van der Waals surface area contributed by atoms with Gasteiger partial charge in [0.2, 0.25) is 5.91 Å². The van der Waals surface area contributed by atoms with Crippen molar-refractivity contribution in [2.24, 2.45) is 5.10 Å². The number of carbonyl (C=O) groups is 1. The van der Waals surface area contributed by atoms with Gasteiger partial charge in [0.25, 0.3) is 0 Å². The van der Waals surface area contributed by atoms with Crippen LogP contribution in [0.25, 0.3) is 0 Å². The van der Waals surface area contributed by atoms with Crippen LogP contribution in [0.3, 0.4) is 0 Å². The number of amides is 1. The highest BCUT2D eigenvalue weighted by molar-refractivity contribution is 6.04. The van der Waals surface area contributed by atoms with E-state index in [-0.39, 0.29) is 5.91 Å². The summed E-state index contributed by atoms with van der Waals surface area (Å²) in [5.74, 6) is -0.0369. The highest BCUT2D eigenvalue weighted by atomic mass is 16.2. The van der Waals surface area contributed by atoms with Crippen LogP contribution in [0.4, 0.5) is 0 Å². The number of nitrogens with one attached hydrogen (secondary N) is 1. The molecule has 5 heteroatoms. The second kappa shape index (κ2) is 2.77. The van der Waals surface area contributed by atoms with Gasteiger partial charge in [0.05, 0.1) is 25.0 Å². The summed E-state index contributed by atoms with van der Waals surface area (Å²) in [6.45, 7) is 0.638. The zero-order chi connectivity index (χ0) is 8.39. The average Bonchev–Trinajstić information content (AvgIpc) is 2.63. The maximum absolute atomic E-state index is 10.7. The summed E-state index contributed by atoms with van der Waals surface area (Å²) in [6.07, 6.45) is 5.64. The van der Waals surface area contributed by atoms with E-state index >= 15 is 0 Å². The third kappa shape index (κ3) is 1.34. The minimum absolute atomic E-state index is 0.0369. The molecule has 62 valence electrons. The SMILES string of the molecule is O=C1CC(Cn2ccnc2)=NN1. The van der Waals surface area contributed by atoms with Crippen LogP contribution >= 0.6 is 0 Å². The summed E-state index contributed by atoms with van der Waals surface area (Å²) < 4.78 is 1.87. The van der Waals surface area contributed by atoms with Crippen LogP contribution in [0.2, 0.25) is 0 Å². The number of rotatable bonds is 2. The van der Waals surface area contributed by atoms with E-state index in [1.54, 1.807) is 12.5 Å². The van der Waals surface area contributed by atoms with Gasteiger partial charge in [0.15, 0.2) is 0 Å². The van der Waals surface area contributed by atoms with Gasteiger partial charge in [0, 0.05) is 12.4 Å². The summed E-state index contributed by atoms with van der Waals surface area (Å²) >= 11 is 0. The van der Waals surface area contributed by atoms with E-state index in [2.05, 4.69) is 15.5 Å². The lowest BCUT2D eigenvalue weighted by Gasteiger charge is -1.97. The number of carbonyl (C=O) groups excluding carboxylic acids is 1. The molecule has 0 radical (unpaired) electrons. The maximum atomic E-state index is 10.7. The first kappa shape index (κ1) is 7.02. The molecule has 0 unspecified atom stereocenters. The molecule has 1 aliphatic heterocycles. The summed E-state index contributed by atoms with van der Waals surface area (Å²) in [5, 5.41) is 3.86. The molecule has 1 aromatic rings. The lowest BCUT2D eigenvalue weighted by Crippen LogP contribution is -2.10. The molecule has 0 spiro atoms. The predicted octanol–water partition coefficient (Wildman–Crippen LogP) is -0.241. The minimum Gasteiger partial charge on any atom is -0.332 e. The van der Waals surface area contributed by atoms with Gasteiger partial charge < -0.3 is 4.57 Å². The van der Waals surface area contributed by atoms with Crippen molar-refractivity contribution in [3.05, 3.63) is 18.7 Å². The van der Waals surface area contributed by atoms with Crippen LogP contribution < -0.4 is 5.43 Å². The van der Waals surface area contributed by atoms with Crippen molar-refractivity contribution in [2.45, 2.75) is 13.0 Å². The van der Waals surface area contributed by atoms with Crippen LogP contribution in [0.15, 0.2) is 23.8 Å². The molecule has 0 saturated carbocycles. The van der Waals surface area contributed by atoms with E-state index in [4.69, 9.17) is 0 Å². The lowest BCUT2D eigenvalue weighted by molar-refractivity contribution is -0.119.